The summed E-state index contributed by atoms with van der Waals surface area (Å²) >= 11 is 0. The molecule has 0 bridgehead atoms. The molecule has 27 heavy (non-hydrogen) atoms. The van der Waals surface area contributed by atoms with Gasteiger partial charge in [0, 0.05) is 36.0 Å². The fourth-order valence-electron chi connectivity index (χ4n) is 4.31. The van der Waals surface area contributed by atoms with Gasteiger partial charge in [0.2, 0.25) is 5.88 Å². The summed E-state index contributed by atoms with van der Waals surface area (Å²) in [5, 5.41) is 7.50. The maximum absolute atomic E-state index is 13.3. The van der Waals surface area contributed by atoms with Crippen LogP contribution in [-0.2, 0) is 4.79 Å². The minimum atomic E-state index is -0.180. The zero-order valence-corrected chi connectivity index (χ0v) is 15.0. The van der Waals surface area contributed by atoms with E-state index in [-0.39, 0.29) is 17.6 Å². The topological polar surface area (TPSA) is 68.0 Å². The van der Waals surface area contributed by atoms with E-state index in [4.69, 9.17) is 4.52 Å². The molecule has 0 radical (unpaired) electrons. The van der Waals surface area contributed by atoms with Crippen molar-refractivity contribution in [2.24, 2.45) is 0 Å². The second-order valence-corrected chi connectivity index (χ2v) is 7.19. The van der Waals surface area contributed by atoms with Crippen LogP contribution in [0, 0.1) is 6.92 Å². The SMILES string of the molecule is Cc1noc2c1[C@H](c1cccnc1)C1=C(C[C@@H](c3ccccc3)CC1=O)N2. The number of fused-ring (bicyclic) bond motifs is 1. The van der Waals surface area contributed by atoms with Gasteiger partial charge in [-0.2, -0.15) is 0 Å². The van der Waals surface area contributed by atoms with E-state index in [0.717, 1.165) is 34.5 Å². The number of hydrogen-bond donors (Lipinski definition) is 1. The molecule has 5 rings (SSSR count). The number of aryl methyl sites for hydroxylation is 1. The van der Waals surface area contributed by atoms with Crippen molar-refractivity contribution in [3.05, 3.63) is 88.5 Å². The van der Waals surface area contributed by atoms with Crippen LogP contribution in [0.15, 0.2) is 70.7 Å². The van der Waals surface area contributed by atoms with Crippen LogP contribution in [0.4, 0.5) is 5.88 Å². The third-order valence-electron chi connectivity index (χ3n) is 5.55. The van der Waals surface area contributed by atoms with Crippen LogP contribution in [0.25, 0.3) is 0 Å². The smallest absolute Gasteiger partial charge is 0.233 e. The van der Waals surface area contributed by atoms with Crippen molar-refractivity contribution in [3.8, 4) is 0 Å². The van der Waals surface area contributed by atoms with Crippen molar-refractivity contribution in [2.45, 2.75) is 31.6 Å². The highest BCUT2D eigenvalue weighted by atomic mass is 16.5. The van der Waals surface area contributed by atoms with Gasteiger partial charge in [-0.15, -0.1) is 0 Å². The lowest BCUT2D eigenvalue weighted by atomic mass is 9.72. The van der Waals surface area contributed by atoms with Crippen molar-refractivity contribution in [2.75, 3.05) is 5.32 Å². The first-order valence-corrected chi connectivity index (χ1v) is 9.16. The van der Waals surface area contributed by atoms with E-state index in [0.29, 0.717) is 12.3 Å². The van der Waals surface area contributed by atoms with Crippen LogP contribution < -0.4 is 5.32 Å². The molecule has 5 heteroatoms. The van der Waals surface area contributed by atoms with Crippen molar-refractivity contribution >= 4 is 11.7 Å². The summed E-state index contributed by atoms with van der Waals surface area (Å²) < 4.78 is 5.54. The quantitative estimate of drug-likeness (QED) is 0.739. The molecule has 2 atom stereocenters. The minimum Gasteiger partial charge on any atom is -0.338 e. The van der Waals surface area contributed by atoms with Gasteiger partial charge >= 0.3 is 0 Å². The molecule has 2 aliphatic rings. The Labute approximate surface area is 157 Å². The zero-order valence-electron chi connectivity index (χ0n) is 15.0. The molecule has 0 spiro atoms. The average molecular weight is 357 g/mol. The van der Waals surface area contributed by atoms with Crippen molar-refractivity contribution in [3.63, 3.8) is 0 Å². The Hall–Kier alpha value is -3.21. The second-order valence-electron chi connectivity index (χ2n) is 7.19. The molecule has 0 unspecified atom stereocenters. The van der Waals surface area contributed by atoms with Crippen LogP contribution in [0.2, 0.25) is 0 Å². The van der Waals surface area contributed by atoms with Crippen molar-refractivity contribution in [1.29, 1.82) is 0 Å². The fourth-order valence-corrected chi connectivity index (χ4v) is 4.31. The number of Topliss-reactive ketones (excluding diaryl/α,β-unsaturated/α-hetero) is 1. The first kappa shape index (κ1) is 16.0. The molecule has 1 N–H and O–H groups in total. The lowest BCUT2D eigenvalue weighted by Crippen LogP contribution is -2.29. The summed E-state index contributed by atoms with van der Waals surface area (Å²) in [6, 6.07) is 14.1. The molecular formula is C22H19N3O2. The fraction of sp³-hybridized carbons (Fsp3) is 0.227. The van der Waals surface area contributed by atoms with Crippen LogP contribution >= 0.6 is 0 Å². The Balaban J connectivity index is 1.63. The summed E-state index contributed by atoms with van der Waals surface area (Å²) in [4.78, 5) is 17.5. The van der Waals surface area contributed by atoms with Crippen LogP contribution in [0.1, 0.15) is 47.1 Å². The number of pyridine rings is 1. The number of anilines is 1. The number of nitrogens with one attached hydrogen (secondary N) is 1. The number of rotatable bonds is 2. The number of nitrogens with zero attached hydrogens (tertiary/aromatic N) is 2. The zero-order chi connectivity index (χ0) is 18.4. The number of carbonyl (C=O) groups excluding carboxylic acids is 1. The molecule has 3 aromatic rings. The first-order chi connectivity index (χ1) is 13.2. The molecule has 0 amide bonds. The van der Waals surface area contributed by atoms with E-state index in [2.05, 4.69) is 27.6 Å². The van der Waals surface area contributed by atoms with Crippen molar-refractivity contribution < 1.29 is 9.32 Å². The molecule has 3 heterocycles. The Morgan fingerprint density at radius 3 is 2.67 bits per heavy atom. The number of ketones is 1. The van der Waals surface area contributed by atoms with E-state index < -0.39 is 0 Å². The van der Waals surface area contributed by atoms with E-state index >= 15 is 0 Å². The lowest BCUT2D eigenvalue weighted by molar-refractivity contribution is -0.116. The average Bonchev–Trinajstić information content (AvgIpc) is 3.08. The summed E-state index contributed by atoms with van der Waals surface area (Å²) in [6.07, 6.45) is 4.87. The molecule has 0 fully saturated rings. The normalized spacial score (nSPS) is 21.4. The predicted octanol–water partition coefficient (Wildman–Crippen LogP) is 4.34. The molecule has 1 aliphatic heterocycles. The van der Waals surface area contributed by atoms with E-state index in [9.17, 15) is 4.79 Å². The maximum atomic E-state index is 13.3. The molecule has 0 saturated heterocycles. The van der Waals surface area contributed by atoms with Crippen LogP contribution in [-0.4, -0.2) is 15.9 Å². The van der Waals surface area contributed by atoms with Crippen LogP contribution in [0.3, 0.4) is 0 Å². The van der Waals surface area contributed by atoms with Gasteiger partial charge in [0.15, 0.2) is 5.78 Å². The van der Waals surface area contributed by atoms with E-state index in [1.807, 2.05) is 43.5 Å². The lowest BCUT2D eigenvalue weighted by Gasteiger charge is -2.34. The van der Waals surface area contributed by atoms with Crippen LogP contribution in [0.5, 0.6) is 0 Å². The predicted molar refractivity (Wildman–Crippen MR) is 101 cm³/mol. The summed E-state index contributed by atoms with van der Waals surface area (Å²) in [5.74, 6) is 0.810. The first-order valence-electron chi connectivity index (χ1n) is 9.16. The number of benzene rings is 1. The summed E-state index contributed by atoms with van der Waals surface area (Å²) in [6.45, 7) is 1.92. The van der Waals surface area contributed by atoms with Gasteiger partial charge in [0.25, 0.3) is 0 Å². The number of aromatic nitrogens is 2. The Bertz CT molecular complexity index is 1040. The van der Waals surface area contributed by atoms with E-state index in [1.165, 1.54) is 5.56 Å². The highest BCUT2D eigenvalue weighted by molar-refractivity contribution is 6.01. The van der Waals surface area contributed by atoms with Crippen molar-refractivity contribution in [1.82, 2.24) is 10.1 Å². The standard InChI is InChI=1S/C22H19N3O2/c1-13-19-20(15-8-5-9-23-12-15)21-17(24-22(19)27-25-13)10-16(11-18(21)26)14-6-3-2-4-7-14/h2-9,12,16,20,24H,10-11H2,1H3/t16-,20+/m1/s1. The highest BCUT2D eigenvalue weighted by Crippen LogP contribution is 2.48. The summed E-state index contributed by atoms with van der Waals surface area (Å²) in [7, 11) is 0. The molecule has 2 aromatic heterocycles. The van der Waals surface area contributed by atoms with Gasteiger partial charge in [-0.25, -0.2) is 0 Å². The third kappa shape index (κ3) is 2.58. The minimum absolute atomic E-state index is 0.171. The number of allylic oxidation sites excluding steroid dienone is 2. The Morgan fingerprint density at radius 1 is 1.07 bits per heavy atom. The molecule has 1 aromatic carbocycles. The number of hydrogen-bond acceptors (Lipinski definition) is 5. The van der Waals surface area contributed by atoms with Gasteiger partial charge in [-0.1, -0.05) is 41.6 Å². The maximum Gasteiger partial charge on any atom is 0.233 e. The second kappa shape index (κ2) is 6.20. The van der Waals surface area contributed by atoms with E-state index in [1.54, 1.807) is 6.20 Å². The number of carbonyl (C=O) groups is 1. The molecule has 5 nitrogen and oxygen atoms in total. The highest BCUT2D eigenvalue weighted by Gasteiger charge is 2.41. The molecule has 0 saturated carbocycles. The molecular weight excluding hydrogens is 338 g/mol. The van der Waals surface area contributed by atoms with Gasteiger partial charge in [0.05, 0.1) is 11.3 Å². The molecule has 1 aliphatic carbocycles. The molecule has 134 valence electrons. The monoisotopic (exact) mass is 357 g/mol. The van der Waals surface area contributed by atoms with Gasteiger partial charge in [0.1, 0.15) is 0 Å². The van der Waals surface area contributed by atoms with Gasteiger partial charge in [-0.05, 0) is 36.5 Å². The van der Waals surface area contributed by atoms with Gasteiger partial charge in [-0.3, -0.25) is 9.78 Å². The summed E-state index contributed by atoms with van der Waals surface area (Å²) in [5.41, 5.74) is 5.69. The Morgan fingerprint density at radius 2 is 1.89 bits per heavy atom. The third-order valence-corrected chi connectivity index (χ3v) is 5.55. The van der Waals surface area contributed by atoms with Gasteiger partial charge < -0.3 is 9.84 Å². The Kier molecular flexibility index (Phi) is 3.67. The largest absolute Gasteiger partial charge is 0.338 e.